The Morgan fingerprint density at radius 1 is 1.19 bits per heavy atom. The number of nitrogens with zero attached hydrogens (tertiary/aromatic N) is 3. The lowest BCUT2D eigenvalue weighted by Gasteiger charge is -2.44. The molecule has 0 amide bonds. The number of hydrogen-bond donors (Lipinski definition) is 1. The van der Waals surface area contributed by atoms with E-state index in [2.05, 4.69) is 47.7 Å². The largest absolute Gasteiger partial charge is 0.389 e. The Kier molecular flexibility index (Phi) is 5.92. The van der Waals surface area contributed by atoms with E-state index in [9.17, 15) is 9.90 Å². The summed E-state index contributed by atoms with van der Waals surface area (Å²) in [7, 11) is 0. The van der Waals surface area contributed by atoms with Gasteiger partial charge in [0.25, 0.3) is 0 Å². The first-order valence-corrected chi connectivity index (χ1v) is 10.3. The molecule has 27 heavy (non-hydrogen) atoms. The van der Waals surface area contributed by atoms with Gasteiger partial charge < -0.3 is 10.0 Å². The zero-order valence-corrected chi connectivity index (χ0v) is 17.4. The van der Waals surface area contributed by atoms with E-state index in [1.54, 1.807) is 0 Å². The number of Topliss-reactive ketones (excluding diaryl/α,β-unsaturated/α-hetero) is 1. The fourth-order valence-electron chi connectivity index (χ4n) is 4.32. The summed E-state index contributed by atoms with van der Waals surface area (Å²) in [6.07, 6.45) is 5.33. The van der Waals surface area contributed by atoms with Crippen molar-refractivity contribution in [2.45, 2.75) is 70.9 Å². The summed E-state index contributed by atoms with van der Waals surface area (Å²) in [5.74, 6) is 1.33. The molecule has 2 saturated heterocycles. The predicted octanol–water partition coefficient (Wildman–Crippen LogP) is 3.19. The number of carbonyl (C=O) groups excluding carboxylic acids is 1. The van der Waals surface area contributed by atoms with Gasteiger partial charge in [-0.2, -0.15) is 0 Å². The number of aryl methyl sites for hydroxylation is 1. The predicted molar refractivity (Wildman–Crippen MR) is 109 cm³/mol. The second-order valence-electron chi connectivity index (χ2n) is 9.48. The first-order chi connectivity index (χ1) is 12.7. The number of carbonyl (C=O) groups is 1. The van der Waals surface area contributed by atoms with E-state index in [0.717, 1.165) is 50.4 Å². The molecular formula is C22H35N3O2. The second kappa shape index (κ2) is 7.88. The molecule has 0 radical (unpaired) electrons. The van der Waals surface area contributed by atoms with Gasteiger partial charge in [-0.3, -0.25) is 9.69 Å². The van der Waals surface area contributed by atoms with Crippen molar-refractivity contribution in [1.82, 2.24) is 9.88 Å². The van der Waals surface area contributed by atoms with Gasteiger partial charge in [-0.15, -0.1) is 0 Å². The van der Waals surface area contributed by atoms with Crippen molar-refractivity contribution >= 4 is 11.6 Å². The van der Waals surface area contributed by atoms with Crippen LogP contribution in [0.4, 0.5) is 5.82 Å². The molecule has 1 N–H and O–H groups in total. The standard InChI is InChI=1S/C22H35N3O2/c1-17-5-6-20(23-16-17)24-11-7-18(8-12-24)19(26)15-22(27)9-13-25(14-10-22)21(2,3)4/h5-6,16,18,27H,7-15H2,1-4H3. The summed E-state index contributed by atoms with van der Waals surface area (Å²) in [6, 6.07) is 4.14. The van der Waals surface area contributed by atoms with Gasteiger partial charge in [-0.1, -0.05) is 6.07 Å². The van der Waals surface area contributed by atoms with Crippen molar-refractivity contribution in [3.8, 4) is 0 Å². The van der Waals surface area contributed by atoms with Gasteiger partial charge in [0.15, 0.2) is 0 Å². The molecule has 1 aromatic rings. The maximum absolute atomic E-state index is 12.8. The molecule has 3 rings (SSSR count). The number of hydrogen-bond acceptors (Lipinski definition) is 5. The minimum absolute atomic E-state index is 0.0800. The highest BCUT2D eigenvalue weighted by Gasteiger charge is 2.39. The number of aromatic nitrogens is 1. The maximum atomic E-state index is 12.8. The third kappa shape index (κ3) is 5.08. The monoisotopic (exact) mass is 373 g/mol. The summed E-state index contributed by atoms with van der Waals surface area (Å²) in [4.78, 5) is 22.0. The lowest BCUT2D eigenvalue weighted by Crippen LogP contribution is -2.52. The van der Waals surface area contributed by atoms with E-state index in [4.69, 9.17) is 0 Å². The Balaban J connectivity index is 1.49. The Labute approximate surface area is 163 Å². The normalized spacial score (nSPS) is 22.0. The maximum Gasteiger partial charge on any atom is 0.138 e. The molecule has 0 spiro atoms. The molecule has 0 saturated carbocycles. The fourth-order valence-corrected chi connectivity index (χ4v) is 4.32. The van der Waals surface area contributed by atoms with E-state index in [0.29, 0.717) is 19.3 Å². The minimum Gasteiger partial charge on any atom is -0.389 e. The average Bonchev–Trinajstić information content (AvgIpc) is 2.62. The van der Waals surface area contributed by atoms with Gasteiger partial charge in [0.1, 0.15) is 11.6 Å². The number of likely N-dealkylation sites (tertiary alicyclic amines) is 1. The molecule has 150 valence electrons. The number of ketones is 1. The van der Waals surface area contributed by atoms with E-state index in [1.807, 2.05) is 13.1 Å². The van der Waals surface area contributed by atoms with Crippen LogP contribution in [0, 0.1) is 12.8 Å². The van der Waals surface area contributed by atoms with Crippen LogP contribution in [0.5, 0.6) is 0 Å². The first-order valence-electron chi connectivity index (χ1n) is 10.3. The molecule has 0 unspecified atom stereocenters. The van der Waals surface area contributed by atoms with Crippen molar-refractivity contribution < 1.29 is 9.90 Å². The quantitative estimate of drug-likeness (QED) is 0.878. The average molecular weight is 374 g/mol. The van der Waals surface area contributed by atoms with Crippen LogP contribution in [0.1, 0.15) is 58.4 Å². The minimum atomic E-state index is -0.811. The molecule has 0 aliphatic carbocycles. The van der Waals surface area contributed by atoms with Crippen LogP contribution in [0.25, 0.3) is 0 Å². The lowest BCUT2D eigenvalue weighted by molar-refractivity contribution is -0.131. The SMILES string of the molecule is Cc1ccc(N2CCC(C(=O)CC3(O)CCN(C(C)(C)C)CC3)CC2)nc1. The summed E-state index contributed by atoms with van der Waals surface area (Å²) in [5, 5.41) is 10.9. The van der Waals surface area contributed by atoms with Gasteiger partial charge in [0, 0.05) is 50.3 Å². The van der Waals surface area contributed by atoms with Crippen molar-refractivity contribution in [3.05, 3.63) is 23.9 Å². The van der Waals surface area contributed by atoms with Gasteiger partial charge in [-0.25, -0.2) is 4.98 Å². The Morgan fingerprint density at radius 2 is 1.81 bits per heavy atom. The number of rotatable bonds is 4. The van der Waals surface area contributed by atoms with Crippen LogP contribution in [0.3, 0.4) is 0 Å². The number of piperidine rings is 2. The van der Waals surface area contributed by atoms with Crippen LogP contribution in [-0.4, -0.2) is 58.1 Å². The van der Waals surface area contributed by atoms with Gasteiger partial charge in [0.2, 0.25) is 0 Å². The van der Waals surface area contributed by atoms with E-state index >= 15 is 0 Å². The molecule has 2 aliphatic heterocycles. The molecule has 0 atom stereocenters. The van der Waals surface area contributed by atoms with Crippen LogP contribution in [-0.2, 0) is 4.79 Å². The highest BCUT2D eigenvalue weighted by atomic mass is 16.3. The highest BCUT2D eigenvalue weighted by Crippen LogP contribution is 2.32. The molecule has 0 aromatic carbocycles. The first kappa shape index (κ1) is 20.3. The lowest BCUT2D eigenvalue weighted by atomic mass is 9.80. The molecule has 2 fully saturated rings. The van der Waals surface area contributed by atoms with E-state index < -0.39 is 5.60 Å². The van der Waals surface area contributed by atoms with Gasteiger partial charge in [0.05, 0.1) is 5.60 Å². The Hall–Kier alpha value is -1.46. The smallest absolute Gasteiger partial charge is 0.138 e. The van der Waals surface area contributed by atoms with Crippen LogP contribution >= 0.6 is 0 Å². The van der Waals surface area contributed by atoms with Crippen molar-refractivity contribution in [2.24, 2.45) is 5.92 Å². The number of anilines is 1. The van der Waals surface area contributed by atoms with Crippen molar-refractivity contribution in [2.75, 3.05) is 31.1 Å². The Bertz CT molecular complexity index is 635. The molecule has 2 aliphatic rings. The summed E-state index contributed by atoms with van der Waals surface area (Å²) >= 11 is 0. The van der Waals surface area contributed by atoms with Crippen LogP contribution < -0.4 is 4.90 Å². The van der Waals surface area contributed by atoms with Crippen LogP contribution in [0.15, 0.2) is 18.3 Å². The van der Waals surface area contributed by atoms with Gasteiger partial charge in [-0.05, 0) is 65.0 Å². The van der Waals surface area contributed by atoms with Crippen molar-refractivity contribution in [1.29, 1.82) is 0 Å². The summed E-state index contributed by atoms with van der Waals surface area (Å²) < 4.78 is 0. The molecule has 5 nitrogen and oxygen atoms in total. The van der Waals surface area contributed by atoms with Crippen LogP contribution in [0.2, 0.25) is 0 Å². The molecule has 3 heterocycles. The van der Waals surface area contributed by atoms with Crippen molar-refractivity contribution in [3.63, 3.8) is 0 Å². The van der Waals surface area contributed by atoms with E-state index in [1.165, 1.54) is 0 Å². The second-order valence-corrected chi connectivity index (χ2v) is 9.48. The number of aliphatic hydroxyl groups is 1. The topological polar surface area (TPSA) is 56.7 Å². The molecule has 5 heteroatoms. The zero-order chi connectivity index (χ0) is 19.7. The molecular weight excluding hydrogens is 338 g/mol. The summed E-state index contributed by atoms with van der Waals surface area (Å²) in [6.45, 7) is 12.1. The van der Waals surface area contributed by atoms with Gasteiger partial charge >= 0.3 is 0 Å². The fraction of sp³-hybridized carbons (Fsp3) is 0.727. The third-order valence-corrected chi connectivity index (χ3v) is 6.32. The third-order valence-electron chi connectivity index (χ3n) is 6.32. The molecule has 0 bridgehead atoms. The van der Waals surface area contributed by atoms with E-state index in [-0.39, 0.29) is 17.2 Å². The summed E-state index contributed by atoms with van der Waals surface area (Å²) in [5.41, 5.74) is 0.478. The number of pyridine rings is 1. The highest BCUT2D eigenvalue weighted by molar-refractivity contribution is 5.82. The molecule has 1 aromatic heterocycles. The Morgan fingerprint density at radius 3 is 2.33 bits per heavy atom. The zero-order valence-electron chi connectivity index (χ0n) is 17.4.